The Balaban J connectivity index is 1.02. The first-order chi connectivity index (χ1) is 18.6. The number of nitrogens with zero attached hydrogens (tertiary/aromatic N) is 7. The molecule has 5 aromatic heterocycles. The molecule has 0 amide bonds. The minimum absolute atomic E-state index is 0.437. The van der Waals surface area contributed by atoms with E-state index in [1.54, 1.807) is 12.4 Å². The highest BCUT2D eigenvalue weighted by Crippen LogP contribution is 2.63. The van der Waals surface area contributed by atoms with Gasteiger partial charge in [0, 0.05) is 68.3 Å². The molecule has 3 aliphatic rings. The fraction of sp³-hybridized carbons (Fsp3) is 0.310. The van der Waals surface area contributed by atoms with Crippen LogP contribution >= 0.6 is 0 Å². The molecule has 3 N–H and O–H groups in total. The Hall–Kier alpha value is -4.24. The molecule has 2 bridgehead atoms. The van der Waals surface area contributed by atoms with Crippen molar-refractivity contribution in [3.63, 3.8) is 0 Å². The lowest BCUT2D eigenvalue weighted by Gasteiger charge is -2.62. The lowest BCUT2D eigenvalue weighted by molar-refractivity contribution is -0.103. The summed E-state index contributed by atoms with van der Waals surface area (Å²) >= 11 is 0. The molecule has 5 aromatic rings. The molecule has 3 fully saturated rings. The average molecular weight is 506 g/mol. The predicted molar refractivity (Wildman–Crippen MR) is 150 cm³/mol. The minimum atomic E-state index is 0.437. The summed E-state index contributed by atoms with van der Waals surface area (Å²) in [6.45, 7) is 2.46. The molecule has 9 nitrogen and oxygen atoms in total. The number of pyridine rings is 2. The van der Waals surface area contributed by atoms with Crippen LogP contribution in [0.3, 0.4) is 0 Å². The summed E-state index contributed by atoms with van der Waals surface area (Å²) in [4.78, 5) is 13.7. The van der Waals surface area contributed by atoms with Crippen LogP contribution in [0.5, 0.6) is 0 Å². The summed E-state index contributed by atoms with van der Waals surface area (Å²) < 4.78 is 6.27. The first-order valence-corrected chi connectivity index (χ1v) is 13.1. The molecule has 0 atom stereocenters. The molecule has 0 saturated heterocycles. The van der Waals surface area contributed by atoms with Crippen molar-refractivity contribution in [3.8, 4) is 5.69 Å². The van der Waals surface area contributed by atoms with Crippen LogP contribution in [0.15, 0.2) is 77.6 Å². The number of nitrogens with two attached hydrogens (primary N) is 1. The molecule has 0 spiro atoms. The maximum atomic E-state index is 5.74. The molecule has 0 unspecified atom stereocenters. The van der Waals surface area contributed by atoms with Gasteiger partial charge < -0.3 is 24.7 Å². The fourth-order valence-electron chi connectivity index (χ4n) is 6.14. The van der Waals surface area contributed by atoms with Gasteiger partial charge in [-0.05, 0) is 60.4 Å². The molecular weight excluding hydrogens is 474 g/mol. The van der Waals surface area contributed by atoms with Gasteiger partial charge in [-0.3, -0.25) is 9.98 Å². The van der Waals surface area contributed by atoms with Crippen molar-refractivity contribution < 1.29 is 0 Å². The van der Waals surface area contributed by atoms with E-state index in [4.69, 9.17) is 10.8 Å². The Morgan fingerprint density at radius 1 is 1.16 bits per heavy atom. The third-order valence-electron chi connectivity index (χ3n) is 8.16. The average Bonchev–Trinajstić information content (AvgIpc) is 3.58. The number of rotatable bonds is 9. The maximum absolute atomic E-state index is 5.74. The van der Waals surface area contributed by atoms with Crippen LogP contribution in [0.25, 0.3) is 22.4 Å². The van der Waals surface area contributed by atoms with E-state index in [-0.39, 0.29) is 0 Å². The number of aliphatic imine (C=N–C) groups is 1. The lowest BCUT2D eigenvalue weighted by Crippen LogP contribution is -2.56. The number of imidazole rings is 1. The zero-order valence-corrected chi connectivity index (χ0v) is 21.5. The smallest absolute Gasteiger partial charge is 0.137 e. The van der Waals surface area contributed by atoms with Gasteiger partial charge in [-0.15, -0.1) is 0 Å². The third-order valence-corrected chi connectivity index (χ3v) is 8.16. The van der Waals surface area contributed by atoms with Gasteiger partial charge in [-0.25, -0.2) is 4.98 Å². The Morgan fingerprint density at radius 3 is 2.84 bits per heavy atom. The largest absolute Gasteiger partial charge is 0.337 e. The summed E-state index contributed by atoms with van der Waals surface area (Å²) in [6, 6.07) is 10.4. The lowest BCUT2D eigenvalue weighted by atomic mass is 9.44. The van der Waals surface area contributed by atoms with Gasteiger partial charge in [0.1, 0.15) is 17.0 Å². The number of hydrogen-bond acceptors (Lipinski definition) is 6. The SMILES string of the molecule is Cn1ccc2ccn(-c3cncc(C(C=NCc4cn5cc(CNCC67CC(C6)C7)ccc5n4)=NN)c3)c21. The van der Waals surface area contributed by atoms with Crippen molar-refractivity contribution in [1.82, 2.24) is 28.8 Å². The summed E-state index contributed by atoms with van der Waals surface area (Å²) in [5, 5.41) is 8.80. The van der Waals surface area contributed by atoms with Crippen LogP contribution in [0.4, 0.5) is 0 Å². The maximum Gasteiger partial charge on any atom is 0.137 e. The second-order valence-corrected chi connectivity index (χ2v) is 10.9. The Bertz CT molecular complexity index is 1680. The molecule has 192 valence electrons. The number of nitrogens with one attached hydrogen (secondary N) is 1. The van der Waals surface area contributed by atoms with E-state index in [2.05, 4.69) is 64.4 Å². The zero-order valence-electron chi connectivity index (χ0n) is 21.5. The number of hydrazone groups is 1. The van der Waals surface area contributed by atoms with Gasteiger partial charge in [0.25, 0.3) is 0 Å². The quantitative estimate of drug-likeness (QED) is 0.181. The molecule has 38 heavy (non-hydrogen) atoms. The van der Waals surface area contributed by atoms with Crippen molar-refractivity contribution in [2.75, 3.05) is 6.54 Å². The number of aryl methyl sites for hydroxylation is 1. The van der Waals surface area contributed by atoms with Crippen molar-refractivity contribution in [1.29, 1.82) is 0 Å². The van der Waals surface area contributed by atoms with E-state index in [0.29, 0.717) is 17.7 Å². The highest BCUT2D eigenvalue weighted by molar-refractivity contribution is 6.38. The second kappa shape index (κ2) is 8.95. The van der Waals surface area contributed by atoms with E-state index in [0.717, 1.165) is 47.2 Å². The van der Waals surface area contributed by atoms with E-state index < -0.39 is 0 Å². The van der Waals surface area contributed by atoms with Crippen LogP contribution in [0, 0.1) is 11.3 Å². The van der Waals surface area contributed by atoms with Crippen molar-refractivity contribution in [3.05, 3.63) is 84.3 Å². The topological polar surface area (TPSA) is 103 Å². The van der Waals surface area contributed by atoms with Gasteiger partial charge in [0.05, 0.1) is 24.1 Å². The Kier molecular flexibility index (Phi) is 5.40. The second-order valence-electron chi connectivity index (χ2n) is 10.9. The standard InChI is InChI=1S/C29H31N9/c1-36-6-4-22-5-7-38(28(22)36)25-8-23(13-31-15-25)26(35-30)16-32-14-24-18-37-17-20(2-3-27(37)34-24)12-33-19-29-9-21(10-29)11-29/h2-8,13,15-18,21,33H,9-12,14,19,30H2,1H3. The van der Waals surface area contributed by atoms with Crippen LogP contribution in [0.1, 0.15) is 36.1 Å². The normalized spacial score (nSPS) is 20.9. The van der Waals surface area contributed by atoms with E-state index >= 15 is 0 Å². The van der Waals surface area contributed by atoms with Crippen LogP contribution in [-0.2, 0) is 20.1 Å². The van der Waals surface area contributed by atoms with Crippen LogP contribution < -0.4 is 11.2 Å². The Labute approximate surface area is 220 Å². The fourth-order valence-corrected chi connectivity index (χ4v) is 6.14. The summed E-state index contributed by atoms with van der Waals surface area (Å²) in [5.41, 5.74) is 7.09. The van der Waals surface area contributed by atoms with Crippen LogP contribution in [-0.4, -0.2) is 42.0 Å². The molecule has 8 rings (SSSR count). The Morgan fingerprint density at radius 2 is 2.03 bits per heavy atom. The number of fused-ring (bicyclic) bond motifs is 2. The molecule has 0 aliphatic heterocycles. The van der Waals surface area contributed by atoms with Crippen molar-refractivity contribution in [2.45, 2.75) is 32.4 Å². The monoisotopic (exact) mass is 505 g/mol. The van der Waals surface area contributed by atoms with E-state index in [9.17, 15) is 0 Å². The minimum Gasteiger partial charge on any atom is -0.337 e. The third kappa shape index (κ3) is 3.99. The molecule has 3 saturated carbocycles. The van der Waals surface area contributed by atoms with Crippen molar-refractivity contribution >= 4 is 28.6 Å². The first-order valence-electron chi connectivity index (χ1n) is 13.1. The zero-order chi connectivity index (χ0) is 25.7. The summed E-state index contributed by atoms with van der Waals surface area (Å²) in [6.07, 6.45) is 17.8. The van der Waals surface area contributed by atoms with Gasteiger partial charge in [-0.1, -0.05) is 6.07 Å². The van der Waals surface area contributed by atoms with E-state index in [1.807, 2.05) is 37.9 Å². The molecule has 0 radical (unpaired) electrons. The van der Waals surface area contributed by atoms with E-state index in [1.165, 1.54) is 30.2 Å². The molecule has 5 heterocycles. The predicted octanol–water partition coefficient (Wildman–Crippen LogP) is 3.84. The van der Waals surface area contributed by atoms with Gasteiger partial charge in [0.2, 0.25) is 0 Å². The highest BCUT2D eigenvalue weighted by atomic mass is 15.1. The van der Waals surface area contributed by atoms with Crippen LogP contribution in [0.2, 0.25) is 0 Å². The molecule has 3 aliphatic carbocycles. The number of hydrogen-bond donors (Lipinski definition) is 2. The first kappa shape index (κ1) is 22.9. The van der Waals surface area contributed by atoms with Crippen molar-refractivity contribution in [2.24, 2.45) is 34.3 Å². The molecular formula is C29H31N9. The molecule has 9 heteroatoms. The number of aromatic nitrogens is 5. The van der Waals surface area contributed by atoms with Gasteiger partial charge in [-0.2, -0.15) is 5.10 Å². The summed E-state index contributed by atoms with van der Waals surface area (Å²) in [5.74, 6) is 6.77. The summed E-state index contributed by atoms with van der Waals surface area (Å²) in [7, 11) is 2.03. The van der Waals surface area contributed by atoms with Gasteiger partial charge >= 0.3 is 0 Å². The highest BCUT2D eigenvalue weighted by Gasteiger charge is 2.55. The van der Waals surface area contributed by atoms with Gasteiger partial charge in [0.15, 0.2) is 0 Å². The molecule has 0 aromatic carbocycles.